The van der Waals surface area contributed by atoms with Crippen molar-refractivity contribution in [3.8, 4) is 11.8 Å². The van der Waals surface area contributed by atoms with E-state index >= 15 is 0 Å². The number of benzene rings is 1. The van der Waals surface area contributed by atoms with Gasteiger partial charge >= 0.3 is 0 Å². The lowest BCUT2D eigenvalue weighted by Gasteiger charge is -2.07. The van der Waals surface area contributed by atoms with Crippen LogP contribution in [0.25, 0.3) is 0 Å². The first-order chi connectivity index (χ1) is 9.27. The monoisotopic (exact) mass is 261 g/mol. The fraction of sp³-hybridized carbons (Fsp3) is 0.400. The van der Waals surface area contributed by atoms with Gasteiger partial charge in [-0.2, -0.15) is 0 Å². The third-order valence-electron chi connectivity index (χ3n) is 2.39. The van der Waals surface area contributed by atoms with E-state index in [1.807, 2.05) is 31.2 Å². The third-order valence-corrected chi connectivity index (χ3v) is 2.39. The third kappa shape index (κ3) is 6.05. The van der Waals surface area contributed by atoms with Gasteiger partial charge < -0.3 is 15.2 Å². The number of amides is 1. The Hall–Kier alpha value is -1.83. The first-order valence-electron chi connectivity index (χ1n) is 6.30. The molecule has 0 fully saturated rings. The smallest absolute Gasteiger partial charge is 0.246 e. The van der Waals surface area contributed by atoms with Crippen molar-refractivity contribution in [2.45, 2.75) is 19.9 Å². The Morgan fingerprint density at radius 3 is 2.95 bits per heavy atom. The van der Waals surface area contributed by atoms with Crippen molar-refractivity contribution < 1.29 is 14.6 Å². The molecular weight excluding hydrogens is 242 g/mol. The minimum absolute atomic E-state index is 0.0558. The van der Waals surface area contributed by atoms with E-state index in [9.17, 15) is 4.79 Å². The number of ether oxygens (including phenoxy) is 1. The Bertz CT molecular complexity index is 460. The van der Waals surface area contributed by atoms with Gasteiger partial charge in [0.25, 0.3) is 0 Å². The van der Waals surface area contributed by atoms with Gasteiger partial charge in [0.2, 0.25) is 5.91 Å². The number of hydrogen-bond acceptors (Lipinski definition) is 3. The largest absolute Gasteiger partial charge is 0.395 e. The zero-order valence-corrected chi connectivity index (χ0v) is 11.1. The predicted octanol–water partition coefficient (Wildman–Crippen LogP) is 1.07. The quantitative estimate of drug-likeness (QED) is 0.753. The molecule has 0 aliphatic rings. The molecule has 0 aromatic heterocycles. The summed E-state index contributed by atoms with van der Waals surface area (Å²) in [6.07, 6.45) is 0.449. The van der Waals surface area contributed by atoms with Crippen LogP contribution >= 0.6 is 0 Å². The molecule has 0 unspecified atom stereocenters. The fourth-order valence-corrected chi connectivity index (χ4v) is 1.45. The van der Waals surface area contributed by atoms with E-state index in [2.05, 4.69) is 17.2 Å². The maximum absolute atomic E-state index is 11.4. The summed E-state index contributed by atoms with van der Waals surface area (Å²) in [6, 6.07) is 7.62. The lowest BCUT2D eigenvalue weighted by Crippen LogP contribution is -2.27. The molecule has 0 saturated heterocycles. The van der Waals surface area contributed by atoms with Gasteiger partial charge in [0.15, 0.2) is 0 Å². The molecule has 0 aliphatic carbocycles. The Morgan fingerprint density at radius 2 is 2.21 bits per heavy atom. The molecule has 1 amide bonds. The van der Waals surface area contributed by atoms with Crippen LogP contribution in [0.1, 0.15) is 24.5 Å². The second-order valence-corrected chi connectivity index (χ2v) is 3.85. The second-order valence-electron chi connectivity index (χ2n) is 3.85. The van der Waals surface area contributed by atoms with Gasteiger partial charge in [-0.15, -0.1) is 0 Å². The van der Waals surface area contributed by atoms with E-state index in [-0.39, 0.29) is 19.1 Å². The van der Waals surface area contributed by atoms with E-state index in [1.54, 1.807) is 0 Å². The summed E-state index contributed by atoms with van der Waals surface area (Å²) in [7, 11) is 0. The van der Waals surface area contributed by atoms with E-state index in [0.717, 1.165) is 11.1 Å². The van der Waals surface area contributed by atoms with Crippen molar-refractivity contribution in [2.75, 3.05) is 19.8 Å². The standard InChI is InChI=1S/C15H19NO3/c1-2-19-12-15(18)16-11-14-9-4-3-7-13(14)8-5-6-10-17/h3-4,7,9,17H,2,6,10-12H2,1H3,(H,16,18). The Labute approximate surface area is 113 Å². The zero-order valence-electron chi connectivity index (χ0n) is 11.1. The average molecular weight is 261 g/mol. The summed E-state index contributed by atoms with van der Waals surface area (Å²) >= 11 is 0. The van der Waals surface area contributed by atoms with E-state index < -0.39 is 0 Å². The summed E-state index contributed by atoms with van der Waals surface area (Å²) in [5.41, 5.74) is 1.82. The van der Waals surface area contributed by atoms with Crippen molar-refractivity contribution in [3.63, 3.8) is 0 Å². The molecule has 2 N–H and O–H groups in total. The minimum Gasteiger partial charge on any atom is -0.395 e. The molecule has 1 aromatic rings. The van der Waals surface area contributed by atoms with Crippen LogP contribution in [0.2, 0.25) is 0 Å². The van der Waals surface area contributed by atoms with Gasteiger partial charge in [-0.1, -0.05) is 30.0 Å². The van der Waals surface area contributed by atoms with Gasteiger partial charge in [-0.05, 0) is 18.6 Å². The molecule has 4 nitrogen and oxygen atoms in total. The minimum atomic E-state index is -0.139. The summed E-state index contributed by atoms with van der Waals surface area (Å²) in [4.78, 5) is 11.4. The van der Waals surface area contributed by atoms with Gasteiger partial charge in [0.1, 0.15) is 6.61 Å². The van der Waals surface area contributed by atoms with Gasteiger partial charge in [0.05, 0.1) is 6.61 Å². The average Bonchev–Trinajstić information content (AvgIpc) is 2.44. The lowest BCUT2D eigenvalue weighted by molar-refractivity contribution is -0.125. The van der Waals surface area contributed by atoms with Crippen LogP contribution in [-0.4, -0.2) is 30.8 Å². The number of carbonyl (C=O) groups is 1. The molecule has 19 heavy (non-hydrogen) atoms. The molecule has 1 aromatic carbocycles. The zero-order chi connectivity index (χ0) is 13.9. The Kier molecular flexibility index (Phi) is 7.33. The van der Waals surface area contributed by atoms with Crippen molar-refractivity contribution >= 4 is 5.91 Å². The van der Waals surface area contributed by atoms with Crippen LogP contribution in [0.4, 0.5) is 0 Å². The highest BCUT2D eigenvalue weighted by atomic mass is 16.5. The van der Waals surface area contributed by atoms with E-state index in [4.69, 9.17) is 9.84 Å². The summed E-state index contributed by atoms with van der Waals surface area (Å²) < 4.78 is 5.03. The van der Waals surface area contributed by atoms with Crippen molar-refractivity contribution in [3.05, 3.63) is 35.4 Å². The molecule has 0 atom stereocenters. The highest BCUT2D eigenvalue weighted by molar-refractivity contribution is 5.77. The molecule has 102 valence electrons. The van der Waals surface area contributed by atoms with E-state index in [1.165, 1.54) is 0 Å². The number of aliphatic hydroxyl groups excluding tert-OH is 1. The van der Waals surface area contributed by atoms with Crippen molar-refractivity contribution in [1.29, 1.82) is 0 Å². The first kappa shape index (κ1) is 15.2. The van der Waals surface area contributed by atoms with Gasteiger partial charge in [-0.25, -0.2) is 0 Å². The number of aliphatic hydroxyl groups is 1. The maximum atomic E-state index is 11.4. The van der Waals surface area contributed by atoms with Crippen LogP contribution in [0.3, 0.4) is 0 Å². The molecule has 0 heterocycles. The van der Waals surface area contributed by atoms with Crippen molar-refractivity contribution in [1.82, 2.24) is 5.32 Å². The normalized spacial score (nSPS) is 9.58. The number of carbonyl (C=O) groups excluding carboxylic acids is 1. The van der Waals surface area contributed by atoms with Gasteiger partial charge in [0, 0.05) is 25.1 Å². The molecule has 4 heteroatoms. The van der Waals surface area contributed by atoms with Crippen LogP contribution in [0.15, 0.2) is 24.3 Å². The molecule has 0 aliphatic heterocycles. The highest BCUT2D eigenvalue weighted by Gasteiger charge is 2.03. The SMILES string of the molecule is CCOCC(=O)NCc1ccccc1C#CCCO. The fourth-order valence-electron chi connectivity index (χ4n) is 1.45. The highest BCUT2D eigenvalue weighted by Crippen LogP contribution is 2.06. The molecule has 1 rings (SSSR count). The molecule has 0 saturated carbocycles. The molecule has 0 radical (unpaired) electrons. The van der Waals surface area contributed by atoms with Crippen LogP contribution < -0.4 is 5.32 Å². The Morgan fingerprint density at radius 1 is 1.42 bits per heavy atom. The van der Waals surface area contributed by atoms with Crippen LogP contribution in [0.5, 0.6) is 0 Å². The lowest BCUT2D eigenvalue weighted by atomic mass is 10.1. The van der Waals surface area contributed by atoms with E-state index in [0.29, 0.717) is 19.6 Å². The Balaban J connectivity index is 2.58. The number of hydrogen-bond donors (Lipinski definition) is 2. The molecular formula is C15H19NO3. The number of rotatable bonds is 6. The number of nitrogens with one attached hydrogen (secondary N) is 1. The topological polar surface area (TPSA) is 58.6 Å². The predicted molar refractivity (Wildman–Crippen MR) is 73.4 cm³/mol. The van der Waals surface area contributed by atoms with Gasteiger partial charge in [-0.3, -0.25) is 4.79 Å². The first-order valence-corrected chi connectivity index (χ1v) is 6.30. The summed E-state index contributed by atoms with van der Waals surface area (Å²) in [5, 5.41) is 11.5. The van der Waals surface area contributed by atoms with Crippen molar-refractivity contribution in [2.24, 2.45) is 0 Å². The molecule has 0 spiro atoms. The summed E-state index contributed by atoms with van der Waals surface area (Å²) in [5.74, 6) is 5.73. The maximum Gasteiger partial charge on any atom is 0.246 e. The van der Waals surface area contributed by atoms with Crippen LogP contribution in [0, 0.1) is 11.8 Å². The molecule has 0 bridgehead atoms. The summed E-state index contributed by atoms with van der Waals surface area (Å²) in [6.45, 7) is 2.93. The second kappa shape index (κ2) is 9.15. The van der Waals surface area contributed by atoms with Crippen LogP contribution in [-0.2, 0) is 16.1 Å².